The van der Waals surface area contributed by atoms with Crippen LogP contribution in [0.1, 0.15) is 48.0 Å². The molecule has 3 fully saturated rings. The van der Waals surface area contributed by atoms with E-state index in [-0.39, 0.29) is 47.0 Å². The van der Waals surface area contributed by atoms with Crippen LogP contribution in [-0.4, -0.2) is 29.9 Å². The third-order valence-corrected chi connectivity index (χ3v) is 6.65. The summed E-state index contributed by atoms with van der Waals surface area (Å²) >= 11 is 0. The van der Waals surface area contributed by atoms with Gasteiger partial charge in [0.15, 0.2) is 5.78 Å². The summed E-state index contributed by atoms with van der Waals surface area (Å²) in [5.74, 6) is -0.520. The zero-order chi connectivity index (χ0) is 18.0. The van der Waals surface area contributed by atoms with Crippen molar-refractivity contribution in [2.24, 2.45) is 28.6 Å². The Morgan fingerprint density at radius 2 is 1.58 bits per heavy atom. The fourth-order valence-corrected chi connectivity index (χ4v) is 5.70. The largest absolute Gasteiger partial charge is 0.462 e. The van der Waals surface area contributed by atoms with E-state index in [9.17, 15) is 14.4 Å². The van der Waals surface area contributed by atoms with Crippen LogP contribution in [0, 0.1) is 28.6 Å². The Balaban J connectivity index is 2.11. The quantitative estimate of drug-likeness (QED) is 0.726. The first-order chi connectivity index (χ1) is 11.0. The SMILES string of the molecule is CC(=O)O[C@@H]1C[C@@H](OC(C)=O)[C@@]2(C)[C@@H]3C(=O)C=C(C)[C@H]2[C@@H]3C1(C)C. The zero-order valence-corrected chi connectivity index (χ0v) is 15.2. The van der Waals surface area contributed by atoms with Gasteiger partial charge in [0.2, 0.25) is 0 Å². The highest BCUT2D eigenvalue weighted by Gasteiger charge is 2.74. The first-order valence-corrected chi connectivity index (χ1v) is 8.57. The van der Waals surface area contributed by atoms with Gasteiger partial charge in [-0.25, -0.2) is 0 Å². The van der Waals surface area contributed by atoms with Crippen molar-refractivity contribution in [3.8, 4) is 0 Å². The summed E-state index contributed by atoms with van der Waals surface area (Å²) in [4.78, 5) is 36.0. The van der Waals surface area contributed by atoms with Crippen molar-refractivity contribution in [1.29, 1.82) is 0 Å². The lowest BCUT2D eigenvalue weighted by atomic mass is 9.37. The van der Waals surface area contributed by atoms with Crippen molar-refractivity contribution in [2.75, 3.05) is 0 Å². The molecule has 0 heterocycles. The number of hydrogen-bond acceptors (Lipinski definition) is 5. The van der Waals surface area contributed by atoms with Gasteiger partial charge in [0.05, 0.1) is 0 Å². The Kier molecular flexibility index (Phi) is 3.70. The van der Waals surface area contributed by atoms with E-state index in [4.69, 9.17) is 9.47 Å². The molecule has 24 heavy (non-hydrogen) atoms. The number of carbonyl (C=O) groups is 3. The van der Waals surface area contributed by atoms with E-state index in [1.54, 1.807) is 6.08 Å². The maximum absolute atomic E-state index is 12.7. The molecule has 3 saturated carbocycles. The number of allylic oxidation sites excluding steroid dienone is 2. The molecule has 4 aliphatic rings. The Labute approximate surface area is 142 Å². The standard InChI is InChI=1S/C19H26O5/c1-9-7-12(22)16-17-15(9)19(16,6)14(24-11(3)21)8-13(18(17,4)5)23-10(2)20/h7,13-17H,8H2,1-6H3/t13-,14-,15+,16-,17+,19-/m1/s1. The van der Waals surface area contributed by atoms with Crippen LogP contribution < -0.4 is 0 Å². The minimum atomic E-state index is -0.431. The topological polar surface area (TPSA) is 69.7 Å². The minimum Gasteiger partial charge on any atom is -0.462 e. The molecular formula is C19H26O5. The summed E-state index contributed by atoms with van der Waals surface area (Å²) in [5.41, 5.74) is 0.266. The minimum absolute atomic E-state index is 0.102. The highest BCUT2D eigenvalue weighted by Crippen LogP contribution is 2.72. The summed E-state index contributed by atoms with van der Waals surface area (Å²) in [5, 5.41) is 0. The lowest BCUT2D eigenvalue weighted by Gasteiger charge is -2.65. The highest BCUT2D eigenvalue weighted by molar-refractivity contribution is 5.96. The Bertz CT molecular complexity index is 646. The van der Waals surface area contributed by atoms with Gasteiger partial charge in [-0.1, -0.05) is 26.3 Å². The fourth-order valence-electron chi connectivity index (χ4n) is 5.70. The van der Waals surface area contributed by atoms with E-state index in [0.29, 0.717) is 6.42 Å². The van der Waals surface area contributed by atoms with Crippen molar-refractivity contribution in [3.05, 3.63) is 11.6 Å². The maximum Gasteiger partial charge on any atom is 0.302 e. The Hall–Kier alpha value is -1.65. The molecule has 132 valence electrons. The molecule has 0 aliphatic heterocycles. The molecule has 0 aromatic heterocycles. The van der Waals surface area contributed by atoms with Crippen LogP contribution in [0.4, 0.5) is 0 Å². The summed E-state index contributed by atoms with van der Waals surface area (Å²) in [7, 11) is 0. The van der Waals surface area contributed by atoms with E-state index in [0.717, 1.165) is 5.57 Å². The zero-order valence-electron chi connectivity index (χ0n) is 15.2. The van der Waals surface area contributed by atoms with Crippen LogP contribution in [0.2, 0.25) is 0 Å². The molecule has 0 N–H and O–H groups in total. The van der Waals surface area contributed by atoms with Crippen LogP contribution in [0.15, 0.2) is 11.6 Å². The van der Waals surface area contributed by atoms with Crippen molar-refractivity contribution < 1.29 is 23.9 Å². The van der Waals surface area contributed by atoms with Gasteiger partial charge in [-0.2, -0.15) is 0 Å². The molecule has 0 aromatic rings. The second-order valence-corrected chi connectivity index (χ2v) is 8.39. The van der Waals surface area contributed by atoms with Gasteiger partial charge in [-0.05, 0) is 24.8 Å². The second kappa shape index (κ2) is 5.17. The van der Waals surface area contributed by atoms with E-state index in [1.165, 1.54) is 13.8 Å². The van der Waals surface area contributed by atoms with E-state index < -0.39 is 11.5 Å². The number of ether oxygens (including phenoxy) is 2. The first kappa shape index (κ1) is 17.2. The molecular weight excluding hydrogens is 308 g/mol. The Morgan fingerprint density at radius 1 is 1.04 bits per heavy atom. The van der Waals surface area contributed by atoms with Crippen LogP contribution in [-0.2, 0) is 23.9 Å². The molecule has 4 aliphatic carbocycles. The number of ketones is 1. The lowest BCUT2D eigenvalue weighted by Crippen LogP contribution is -2.67. The molecule has 0 saturated heterocycles. The fraction of sp³-hybridized carbons (Fsp3) is 0.737. The van der Waals surface area contributed by atoms with Crippen molar-refractivity contribution in [1.82, 2.24) is 0 Å². The molecule has 0 amide bonds. The van der Waals surface area contributed by atoms with Crippen LogP contribution >= 0.6 is 0 Å². The van der Waals surface area contributed by atoms with Crippen LogP contribution in [0.5, 0.6) is 0 Å². The third kappa shape index (κ3) is 2.09. The molecule has 4 rings (SSSR count). The number of fused-ring (bicyclic) bond motifs is 3. The molecule has 6 atom stereocenters. The molecule has 0 aromatic carbocycles. The molecule has 4 bridgehead atoms. The summed E-state index contributed by atoms with van der Waals surface area (Å²) in [6.07, 6.45) is 1.37. The number of carbonyl (C=O) groups excluding carboxylic acids is 3. The summed E-state index contributed by atoms with van der Waals surface area (Å²) in [6.45, 7) is 10.9. The van der Waals surface area contributed by atoms with Gasteiger partial charge >= 0.3 is 11.9 Å². The number of rotatable bonds is 2. The highest BCUT2D eigenvalue weighted by atomic mass is 16.6. The smallest absolute Gasteiger partial charge is 0.302 e. The van der Waals surface area contributed by atoms with Gasteiger partial charge in [0.25, 0.3) is 0 Å². The van der Waals surface area contributed by atoms with Crippen LogP contribution in [0.25, 0.3) is 0 Å². The van der Waals surface area contributed by atoms with Gasteiger partial charge in [0, 0.05) is 37.0 Å². The average Bonchev–Trinajstić information content (AvgIpc) is 2.50. The molecule has 5 heteroatoms. The number of hydrogen-bond donors (Lipinski definition) is 0. The first-order valence-electron chi connectivity index (χ1n) is 8.57. The van der Waals surface area contributed by atoms with Gasteiger partial charge in [-0.15, -0.1) is 0 Å². The van der Waals surface area contributed by atoms with Crippen molar-refractivity contribution in [2.45, 2.75) is 60.2 Å². The third-order valence-electron chi connectivity index (χ3n) is 6.65. The normalized spacial score (nSPS) is 42.3. The van der Waals surface area contributed by atoms with E-state index in [2.05, 4.69) is 13.8 Å². The van der Waals surface area contributed by atoms with Crippen LogP contribution in [0.3, 0.4) is 0 Å². The molecule has 5 nitrogen and oxygen atoms in total. The monoisotopic (exact) mass is 334 g/mol. The maximum atomic E-state index is 12.7. The van der Waals surface area contributed by atoms with E-state index >= 15 is 0 Å². The van der Waals surface area contributed by atoms with Gasteiger partial charge in [-0.3, -0.25) is 14.4 Å². The van der Waals surface area contributed by atoms with Crippen molar-refractivity contribution in [3.63, 3.8) is 0 Å². The predicted octanol–water partition coefficient (Wildman–Crippen LogP) is 2.68. The molecule has 0 spiro atoms. The molecule has 0 radical (unpaired) electrons. The molecule has 0 unspecified atom stereocenters. The Morgan fingerprint density at radius 3 is 2.08 bits per heavy atom. The lowest BCUT2D eigenvalue weighted by molar-refractivity contribution is -0.203. The predicted molar refractivity (Wildman–Crippen MR) is 86.8 cm³/mol. The second-order valence-electron chi connectivity index (χ2n) is 8.39. The van der Waals surface area contributed by atoms with E-state index in [1.807, 2.05) is 13.8 Å². The summed E-state index contributed by atoms with van der Waals surface area (Å²) in [6, 6.07) is 0. The van der Waals surface area contributed by atoms with Gasteiger partial charge in [0.1, 0.15) is 12.2 Å². The summed E-state index contributed by atoms with van der Waals surface area (Å²) < 4.78 is 11.3. The van der Waals surface area contributed by atoms with Crippen molar-refractivity contribution >= 4 is 17.7 Å². The van der Waals surface area contributed by atoms with Gasteiger partial charge < -0.3 is 9.47 Å². The average molecular weight is 334 g/mol. The number of esters is 2.